The Kier molecular flexibility index (Phi) is 3.91. The highest BCUT2D eigenvalue weighted by atomic mass is 16.4. The van der Waals surface area contributed by atoms with Gasteiger partial charge >= 0.3 is 0 Å². The smallest absolute Gasteiger partial charge is 0.232 e. The van der Waals surface area contributed by atoms with Gasteiger partial charge in [-0.05, 0) is 31.2 Å². The number of anilines is 2. The number of aryl methyl sites for hydroxylation is 1. The van der Waals surface area contributed by atoms with E-state index in [1.54, 1.807) is 6.20 Å². The normalized spacial score (nSPS) is 11.0. The first-order valence-electron chi connectivity index (χ1n) is 9.12. The summed E-state index contributed by atoms with van der Waals surface area (Å²) in [6, 6.07) is 25.9. The Morgan fingerprint density at radius 1 is 0.857 bits per heavy atom. The zero-order valence-corrected chi connectivity index (χ0v) is 15.3. The molecule has 5 rings (SSSR count). The zero-order chi connectivity index (χ0) is 18.9. The molecule has 5 heteroatoms. The van der Waals surface area contributed by atoms with Crippen LogP contribution in [-0.4, -0.2) is 14.8 Å². The van der Waals surface area contributed by atoms with Crippen LogP contribution in [0.25, 0.3) is 28.1 Å². The van der Waals surface area contributed by atoms with Crippen molar-refractivity contribution in [2.24, 2.45) is 0 Å². The van der Waals surface area contributed by atoms with Crippen LogP contribution in [0.5, 0.6) is 0 Å². The molecule has 0 aliphatic heterocycles. The lowest BCUT2D eigenvalue weighted by molar-refractivity contribution is 0.597. The van der Waals surface area contributed by atoms with Crippen molar-refractivity contribution in [3.63, 3.8) is 0 Å². The van der Waals surface area contributed by atoms with E-state index >= 15 is 0 Å². The van der Waals surface area contributed by atoms with Crippen LogP contribution < -0.4 is 5.32 Å². The summed E-state index contributed by atoms with van der Waals surface area (Å²) < 4.78 is 8.22. The number of rotatable bonds is 4. The molecule has 0 radical (unpaired) electrons. The maximum absolute atomic E-state index is 6.37. The van der Waals surface area contributed by atoms with Crippen LogP contribution >= 0.6 is 0 Å². The number of aromatic nitrogens is 3. The maximum atomic E-state index is 6.37. The van der Waals surface area contributed by atoms with Gasteiger partial charge in [-0.25, -0.2) is 4.98 Å². The van der Waals surface area contributed by atoms with Crippen LogP contribution in [-0.2, 0) is 0 Å². The number of para-hydroxylation sites is 1. The van der Waals surface area contributed by atoms with E-state index in [4.69, 9.17) is 9.52 Å². The van der Waals surface area contributed by atoms with Gasteiger partial charge in [0.05, 0.1) is 22.5 Å². The van der Waals surface area contributed by atoms with Crippen LogP contribution in [0.3, 0.4) is 0 Å². The van der Waals surface area contributed by atoms with Gasteiger partial charge in [-0.3, -0.25) is 0 Å². The molecule has 0 aliphatic carbocycles. The minimum atomic E-state index is 0.709. The lowest BCUT2D eigenvalue weighted by Crippen LogP contribution is -1.96. The van der Waals surface area contributed by atoms with E-state index in [0.717, 1.165) is 39.6 Å². The molecule has 0 aliphatic rings. The van der Waals surface area contributed by atoms with E-state index in [0.29, 0.717) is 5.71 Å². The van der Waals surface area contributed by atoms with Crippen molar-refractivity contribution in [2.75, 3.05) is 5.32 Å². The summed E-state index contributed by atoms with van der Waals surface area (Å²) in [5.74, 6) is 1.53. The van der Waals surface area contributed by atoms with Gasteiger partial charge in [0.1, 0.15) is 5.82 Å². The third-order valence-electron chi connectivity index (χ3n) is 4.65. The summed E-state index contributed by atoms with van der Waals surface area (Å²) in [5.41, 5.74) is 4.43. The first-order valence-corrected chi connectivity index (χ1v) is 9.12. The Balaban J connectivity index is 1.76. The highest BCUT2D eigenvalue weighted by molar-refractivity contribution is 6.01. The number of benzene rings is 2. The van der Waals surface area contributed by atoms with Gasteiger partial charge in [0.15, 0.2) is 5.76 Å². The second-order valence-corrected chi connectivity index (χ2v) is 6.53. The van der Waals surface area contributed by atoms with E-state index < -0.39 is 0 Å². The summed E-state index contributed by atoms with van der Waals surface area (Å²) in [5, 5.41) is 9.11. The lowest BCUT2D eigenvalue weighted by atomic mass is 10.1. The molecular weight excluding hydrogens is 348 g/mol. The van der Waals surface area contributed by atoms with Crippen molar-refractivity contribution in [3.05, 3.63) is 90.8 Å². The minimum absolute atomic E-state index is 0.709. The van der Waals surface area contributed by atoms with Gasteiger partial charge < -0.3 is 9.73 Å². The predicted molar refractivity (Wildman–Crippen MR) is 111 cm³/mol. The molecule has 28 heavy (non-hydrogen) atoms. The Morgan fingerprint density at radius 2 is 1.57 bits per heavy atom. The van der Waals surface area contributed by atoms with Crippen molar-refractivity contribution in [3.8, 4) is 17.0 Å². The molecular formula is C23H18N4O. The third kappa shape index (κ3) is 2.74. The van der Waals surface area contributed by atoms with Gasteiger partial charge in [0.25, 0.3) is 0 Å². The molecule has 0 spiro atoms. The van der Waals surface area contributed by atoms with E-state index in [2.05, 4.69) is 10.3 Å². The van der Waals surface area contributed by atoms with Gasteiger partial charge in [-0.2, -0.15) is 9.78 Å². The van der Waals surface area contributed by atoms with Crippen molar-refractivity contribution >= 4 is 22.6 Å². The second kappa shape index (κ2) is 6.70. The molecule has 0 unspecified atom stereocenters. The largest absolute Gasteiger partial charge is 0.435 e. The molecule has 0 amide bonds. The standard InChI is InChI=1S/C23H18N4O/c1-16-20-21(25-19-14-8-9-15-24-19)22(17-10-4-2-5-11-17)28-23(20)27(26-16)18-12-6-3-7-13-18/h2-15H,1H3,(H,24,25). The number of hydrogen-bond donors (Lipinski definition) is 1. The first kappa shape index (κ1) is 16.3. The van der Waals surface area contributed by atoms with E-state index in [-0.39, 0.29) is 0 Å². The Labute approximate surface area is 162 Å². The third-order valence-corrected chi connectivity index (χ3v) is 4.65. The fourth-order valence-electron chi connectivity index (χ4n) is 3.37. The fraction of sp³-hybridized carbons (Fsp3) is 0.0435. The molecule has 0 bridgehead atoms. The second-order valence-electron chi connectivity index (χ2n) is 6.53. The Hall–Kier alpha value is -3.86. The number of pyridine rings is 1. The van der Waals surface area contributed by atoms with E-state index in [1.165, 1.54) is 0 Å². The maximum Gasteiger partial charge on any atom is 0.232 e. The quantitative estimate of drug-likeness (QED) is 0.441. The minimum Gasteiger partial charge on any atom is -0.435 e. The van der Waals surface area contributed by atoms with Crippen LogP contribution in [0.1, 0.15) is 5.69 Å². The summed E-state index contributed by atoms with van der Waals surface area (Å²) in [7, 11) is 0. The van der Waals surface area contributed by atoms with Crippen LogP contribution in [0.15, 0.2) is 89.5 Å². The SMILES string of the molecule is Cc1nn(-c2ccccc2)c2oc(-c3ccccc3)c(Nc3ccccn3)c12. The molecule has 5 aromatic rings. The highest BCUT2D eigenvalue weighted by Gasteiger charge is 2.23. The van der Waals surface area contributed by atoms with E-state index in [9.17, 15) is 0 Å². The van der Waals surface area contributed by atoms with Crippen LogP contribution in [0.2, 0.25) is 0 Å². The van der Waals surface area contributed by atoms with Crippen LogP contribution in [0, 0.1) is 6.92 Å². The molecule has 0 fully saturated rings. The molecule has 2 aromatic carbocycles. The molecule has 3 heterocycles. The summed E-state index contributed by atoms with van der Waals surface area (Å²) in [6.07, 6.45) is 1.77. The highest BCUT2D eigenvalue weighted by Crippen LogP contribution is 2.41. The first-order chi connectivity index (χ1) is 13.8. The Morgan fingerprint density at radius 3 is 2.29 bits per heavy atom. The van der Waals surface area contributed by atoms with Crippen molar-refractivity contribution in [1.82, 2.24) is 14.8 Å². The molecule has 3 aromatic heterocycles. The van der Waals surface area contributed by atoms with Crippen LogP contribution in [0.4, 0.5) is 11.5 Å². The summed E-state index contributed by atoms with van der Waals surface area (Å²) in [4.78, 5) is 4.41. The van der Waals surface area contributed by atoms with Gasteiger partial charge in [0.2, 0.25) is 5.71 Å². The number of furan rings is 1. The van der Waals surface area contributed by atoms with E-state index in [1.807, 2.05) is 90.5 Å². The molecule has 136 valence electrons. The number of nitrogens with zero attached hydrogens (tertiary/aromatic N) is 3. The molecule has 0 atom stereocenters. The summed E-state index contributed by atoms with van der Waals surface area (Å²) >= 11 is 0. The molecule has 0 saturated carbocycles. The lowest BCUT2D eigenvalue weighted by Gasteiger charge is -2.06. The van der Waals surface area contributed by atoms with Crippen molar-refractivity contribution < 1.29 is 4.42 Å². The average molecular weight is 366 g/mol. The van der Waals surface area contributed by atoms with Crippen molar-refractivity contribution in [1.29, 1.82) is 0 Å². The number of hydrogen-bond acceptors (Lipinski definition) is 4. The van der Waals surface area contributed by atoms with Crippen molar-refractivity contribution in [2.45, 2.75) is 6.92 Å². The number of fused-ring (bicyclic) bond motifs is 1. The number of nitrogens with one attached hydrogen (secondary N) is 1. The topological polar surface area (TPSA) is 55.9 Å². The zero-order valence-electron chi connectivity index (χ0n) is 15.3. The fourth-order valence-corrected chi connectivity index (χ4v) is 3.37. The average Bonchev–Trinajstić information content (AvgIpc) is 3.28. The molecule has 5 nitrogen and oxygen atoms in total. The summed E-state index contributed by atoms with van der Waals surface area (Å²) in [6.45, 7) is 2.00. The van der Waals surface area contributed by atoms with Gasteiger partial charge in [-0.15, -0.1) is 0 Å². The van der Waals surface area contributed by atoms with Gasteiger partial charge in [-0.1, -0.05) is 54.6 Å². The molecule has 0 saturated heterocycles. The Bertz CT molecular complexity index is 1230. The molecule has 1 N–H and O–H groups in total. The monoisotopic (exact) mass is 366 g/mol. The van der Waals surface area contributed by atoms with Gasteiger partial charge in [0, 0.05) is 11.8 Å². The predicted octanol–water partition coefficient (Wildman–Crippen LogP) is 5.73.